The molecule has 0 bridgehead atoms. The lowest BCUT2D eigenvalue weighted by molar-refractivity contribution is -0.132. The molecule has 94 valence electrons. The summed E-state index contributed by atoms with van der Waals surface area (Å²) in [5, 5.41) is 0. The van der Waals surface area contributed by atoms with E-state index in [9.17, 15) is 4.79 Å². The summed E-state index contributed by atoms with van der Waals surface area (Å²) in [4.78, 5) is 14.1. The van der Waals surface area contributed by atoms with Crippen molar-refractivity contribution < 1.29 is 4.79 Å². The van der Waals surface area contributed by atoms with Gasteiger partial charge < -0.3 is 4.90 Å². The number of alkyl halides is 1. The molecule has 1 rings (SSSR count). The third-order valence-corrected chi connectivity index (χ3v) is 3.39. The maximum Gasteiger partial charge on any atom is 0.223 e. The van der Waals surface area contributed by atoms with Crippen LogP contribution in [0.3, 0.4) is 0 Å². The zero-order valence-electron chi connectivity index (χ0n) is 11.0. The number of halogens is 1. The fraction of sp³-hybridized carbons (Fsp3) is 0.923. The van der Waals surface area contributed by atoms with Crippen molar-refractivity contribution in [2.24, 2.45) is 10.8 Å². The first-order valence-corrected chi connectivity index (χ1v) is 6.63. The number of carbonyl (C=O) groups excluding carboxylic acids is 1. The van der Waals surface area contributed by atoms with Crippen LogP contribution in [0.2, 0.25) is 0 Å². The Morgan fingerprint density at radius 3 is 2.44 bits per heavy atom. The largest absolute Gasteiger partial charge is 0.342 e. The number of likely N-dealkylation sites (tertiary alicyclic amines) is 1. The van der Waals surface area contributed by atoms with Gasteiger partial charge in [0.05, 0.1) is 0 Å². The Hall–Kier alpha value is -0.240. The number of hydrogen-bond acceptors (Lipinski definition) is 1. The number of nitrogens with zero attached hydrogens (tertiary/aromatic N) is 1. The average Bonchev–Trinajstić information content (AvgIpc) is 2.15. The second kappa shape index (κ2) is 4.95. The Morgan fingerprint density at radius 2 is 1.88 bits per heavy atom. The number of hydrogen-bond donors (Lipinski definition) is 0. The lowest BCUT2D eigenvalue weighted by Gasteiger charge is -2.32. The maximum absolute atomic E-state index is 12.1. The third kappa shape index (κ3) is 3.97. The molecule has 1 heterocycles. The van der Waals surface area contributed by atoms with E-state index < -0.39 is 0 Å². The molecule has 1 fully saturated rings. The van der Waals surface area contributed by atoms with Crippen molar-refractivity contribution in [2.45, 2.75) is 47.0 Å². The van der Waals surface area contributed by atoms with E-state index in [-0.39, 0.29) is 10.8 Å². The SMILES string of the molecule is CC1(C)CC(=O)N(CCCCl)CC(C)(C)C1. The Labute approximate surface area is 104 Å². The van der Waals surface area contributed by atoms with Gasteiger partial charge in [-0.05, 0) is 23.7 Å². The van der Waals surface area contributed by atoms with E-state index in [1.165, 1.54) is 0 Å². The van der Waals surface area contributed by atoms with Gasteiger partial charge in [0.1, 0.15) is 0 Å². The highest BCUT2D eigenvalue weighted by atomic mass is 35.5. The van der Waals surface area contributed by atoms with Gasteiger partial charge >= 0.3 is 0 Å². The van der Waals surface area contributed by atoms with Gasteiger partial charge in [0.25, 0.3) is 0 Å². The van der Waals surface area contributed by atoms with Crippen LogP contribution >= 0.6 is 11.6 Å². The zero-order valence-corrected chi connectivity index (χ0v) is 11.7. The minimum atomic E-state index is 0.121. The van der Waals surface area contributed by atoms with Gasteiger partial charge in [0.2, 0.25) is 5.91 Å². The summed E-state index contributed by atoms with van der Waals surface area (Å²) in [5.74, 6) is 0.925. The smallest absolute Gasteiger partial charge is 0.223 e. The standard InChI is InChI=1S/C13H24ClNO/c1-12(2)8-11(16)15(7-5-6-14)10-13(3,4)9-12/h5-10H2,1-4H3. The summed E-state index contributed by atoms with van der Waals surface area (Å²) in [6.45, 7) is 10.6. The Morgan fingerprint density at radius 1 is 1.25 bits per heavy atom. The first-order chi connectivity index (χ1) is 7.26. The van der Waals surface area contributed by atoms with Crippen molar-refractivity contribution in [3.63, 3.8) is 0 Å². The summed E-state index contributed by atoms with van der Waals surface area (Å²) in [6, 6.07) is 0. The number of rotatable bonds is 3. The average molecular weight is 246 g/mol. The highest BCUT2D eigenvalue weighted by Gasteiger charge is 2.37. The van der Waals surface area contributed by atoms with Crippen LogP contribution < -0.4 is 0 Å². The molecule has 0 atom stereocenters. The second-order valence-corrected chi connectivity index (χ2v) is 6.92. The molecule has 0 unspecified atom stereocenters. The van der Waals surface area contributed by atoms with E-state index >= 15 is 0 Å². The summed E-state index contributed by atoms with van der Waals surface area (Å²) >= 11 is 5.70. The van der Waals surface area contributed by atoms with E-state index in [1.807, 2.05) is 4.90 Å². The lowest BCUT2D eigenvalue weighted by Crippen LogP contribution is -2.37. The molecule has 1 amide bonds. The first kappa shape index (κ1) is 13.8. The van der Waals surface area contributed by atoms with Crippen molar-refractivity contribution in [3.8, 4) is 0 Å². The molecule has 0 saturated carbocycles. The van der Waals surface area contributed by atoms with Crippen molar-refractivity contribution in [2.75, 3.05) is 19.0 Å². The van der Waals surface area contributed by atoms with E-state index in [2.05, 4.69) is 27.7 Å². The van der Waals surface area contributed by atoms with Crippen molar-refractivity contribution in [1.82, 2.24) is 4.90 Å². The Bertz CT molecular complexity index is 261. The molecule has 0 aromatic heterocycles. The summed E-state index contributed by atoms with van der Waals surface area (Å²) in [5.41, 5.74) is 0.332. The minimum absolute atomic E-state index is 0.121. The highest BCUT2D eigenvalue weighted by Crippen LogP contribution is 2.40. The van der Waals surface area contributed by atoms with Gasteiger partial charge in [-0.25, -0.2) is 0 Å². The molecule has 3 heteroatoms. The predicted octanol–water partition coefficient (Wildman–Crippen LogP) is 3.29. The predicted molar refractivity (Wildman–Crippen MR) is 68.7 cm³/mol. The van der Waals surface area contributed by atoms with Crippen LogP contribution in [-0.2, 0) is 4.79 Å². The van der Waals surface area contributed by atoms with Crippen molar-refractivity contribution in [3.05, 3.63) is 0 Å². The highest BCUT2D eigenvalue weighted by molar-refractivity contribution is 6.17. The molecule has 0 aromatic carbocycles. The van der Waals surface area contributed by atoms with Crippen LogP contribution in [-0.4, -0.2) is 29.8 Å². The van der Waals surface area contributed by atoms with Crippen molar-refractivity contribution in [1.29, 1.82) is 0 Å². The maximum atomic E-state index is 12.1. The van der Waals surface area contributed by atoms with E-state index in [0.29, 0.717) is 18.2 Å². The number of amides is 1. The van der Waals surface area contributed by atoms with Crippen LogP contribution in [0.1, 0.15) is 47.0 Å². The van der Waals surface area contributed by atoms with Gasteiger partial charge in [-0.2, -0.15) is 0 Å². The van der Waals surface area contributed by atoms with E-state index in [1.54, 1.807) is 0 Å². The molecule has 1 aliphatic heterocycles. The van der Waals surface area contributed by atoms with Crippen molar-refractivity contribution >= 4 is 17.5 Å². The number of carbonyl (C=O) groups is 1. The third-order valence-electron chi connectivity index (χ3n) is 3.12. The first-order valence-electron chi connectivity index (χ1n) is 6.10. The summed E-state index contributed by atoms with van der Waals surface area (Å²) in [6.07, 6.45) is 2.66. The summed E-state index contributed by atoms with van der Waals surface area (Å²) in [7, 11) is 0. The molecule has 2 nitrogen and oxygen atoms in total. The van der Waals surface area contributed by atoms with Crippen LogP contribution in [0.4, 0.5) is 0 Å². The molecule has 0 spiro atoms. The molecule has 0 aliphatic carbocycles. The molecule has 0 aromatic rings. The van der Waals surface area contributed by atoms with Crippen LogP contribution in [0.15, 0.2) is 0 Å². The Balaban J connectivity index is 2.76. The molecule has 0 radical (unpaired) electrons. The van der Waals surface area contributed by atoms with Gasteiger partial charge in [-0.15, -0.1) is 11.6 Å². The minimum Gasteiger partial charge on any atom is -0.342 e. The van der Waals surface area contributed by atoms with Gasteiger partial charge in [0, 0.05) is 25.4 Å². The Kier molecular flexibility index (Phi) is 4.28. The van der Waals surface area contributed by atoms with Crippen LogP contribution in [0, 0.1) is 10.8 Å². The zero-order chi connectivity index (χ0) is 12.4. The van der Waals surface area contributed by atoms with Gasteiger partial charge in [-0.1, -0.05) is 27.7 Å². The molecule has 1 saturated heterocycles. The molecular formula is C13H24ClNO. The molecule has 1 aliphatic rings. The fourth-order valence-electron chi connectivity index (χ4n) is 2.99. The molecular weight excluding hydrogens is 222 g/mol. The molecule has 0 N–H and O–H groups in total. The van der Waals surface area contributed by atoms with E-state index in [4.69, 9.17) is 11.6 Å². The van der Waals surface area contributed by atoms with Gasteiger partial charge in [-0.3, -0.25) is 4.79 Å². The van der Waals surface area contributed by atoms with E-state index in [0.717, 1.165) is 25.9 Å². The normalized spacial score (nSPS) is 24.3. The van der Waals surface area contributed by atoms with Crippen LogP contribution in [0.25, 0.3) is 0 Å². The molecule has 16 heavy (non-hydrogen) atoms. The van der Waals surface area contributed by atoms with Gasteiger partial charge in [0.15, 0.2) is 0 Å². The lowest BCUT2D eigenvalue weighted by atomic mass is 9.74. The topological polar surface area (TPSA) is 20.3 Å². The summed E-state index contributed by atoms with van der Waals surface area (Å²) < 4.78 is 0. The monoisotopic (exact) mass is 245 g/mol. The van der Waals surface area contributed by atoms with Crippen LogP contribution in [0.5, 0.6) is 0 Å². The quantitative estimate of drug-likeness (QED) is 0.699. The fourth-order valence-corrected chi connectivity index (χ4v) is 3.11. The second-order valence-electron chi connectivity index (χ2n) is 6.54.